The smallest absolute Gasteiger partial charge is 0.387 e. The Kier molecular flexibility index (Phi) is 10.5. The summed E-state index contributed by atoms with van der Waals surface area (Å²) < 4.78 is 57.2. The van der Waals surface area contributed by atoms with Gasteiger partial charge in [0.25, 0.3) is 5.56 Å². The zero-order valence-corrected chi connectivity index (χ0v) is 19.6. The molecule has 1 saturated heterocycles. The van der Waals surface area contributed by atoms with E-state index in [-0.39, 0.29) is 0 Å². The second kappa shape index (κ2) is 11.4. The molecule has 2 rings (SSSR count). The Hall–Kier alpha value is -0.920. The van der Waals surface area contributed by atoms with Gasteiger partial charge in [0, 0.05) is 12.3 Å². The van der Waals surface area contributed by atoms with Crippen molar-refractivity contribution < 1.29 is 80.6 Å². The van der Waals surface area contributed by atoms with Crippen LogP contribution in [0.1, 0.15) is 6.23 Å². The number of phosphoric acid groups is 4. The molecule has 0 saturated carbocycles. The van der Waals surface area contributed by atoms with E-state index in [1.54, 1.807) is 0 Å². The van der Waals surface area contributed by atoms with Crippen molar-refractivity contribution >= 4 is 31.3 Å². The summed E-state index contributed by atoms with van der Waals surface area (Å²) in [5.41, 5.74) is -1.51. The Bertz CT molecular complexity index is 1110. The first kappa shape index (κ1) is 31.1. The molecule has 0 aromatic carbocycles. The van der Waals surface area contributed by atoms with E-state index in [9.17, 15) is 38.1 Å². The van der Waals surface area contributed by atoms with Crippen LogP contribution in [0.15, 0.2) is 21.9 Å². The molecule has 21 nitrogen and oxygen atoms in total. The molecule has 10 N–H and O–H groups in total. The number of nitrogens with one attached hydrogen (secondary N) is 1. The van der Waals surface area contributed by atoms with E-state index in [0.717, 1.165) is 16.8 Å². The number of phosphoric ester groups is 1. The van der Waals surface area contributed by atoms with Gasteiger partial charge < -0.3 is 49.2 Å². The van der Waals surface area contributed by atoms with Gasteiger partial charge in [0.2, 0.25) is 0 Å². The molecule has 0 radical (unpaired) electrons. The minimum atomic E-state index is -5.46. The molecule has 2 heterocycles. The van der Waals surface area contributed by atoms with Gasteiger partial charge >= 0.3 is 37.0 Å². The van der Waals surface area contributed by atoms with E-state index in [4.69, 9.17) is 39.0 Å². The first-order valence-corrected chi connectivity index (χ1v) is 14.1. The number of ether oxygens (including phenoxy) is 1. The van der Waals surface area contributed by atoms with Gasteiger partial charge in [-0.2, -0.15) is 8.62 Å². The Morgan fingerprint density at radius 1 is 0.882 bits per heavy atom. The highest BCUT2D eigenvalue weighted by atomic mass is 31.3. The number of aromatic nitrogens is 2. The molecule has 4 atom stereocenters. The summed E-state index contributed by atoms with van der Waals surface area (Å²) in [7, 11) is -20.9. The third-order valence-corrected chi connectivity index (χ3v) is 7.13. The average molecular weight is 582 g/mol. The number of H-pyrrole nitrogens is 1. The molecule has 25 heteroatoms. The van der Waals surface area contributed by atoms with Gasteiger partial charge in [0.15, 0.2) is 6.23 Å². The number of aromatic amines is 1. The summed E-state index contributed by atoms with van der Waals surface area (Å²) >= 11 is 0. The molecule has 0 spiro atoms. The summed E-state index contributed by atoms with van der Waals surface area (Å²) in [5.74, 6) is 0. The number of nitrogens with zero attached hydrogens (tertiary/aromatic N) is 1. The van der Waals surface area contributed by atoms with Gasteiger partial charge in [-0.15, -0.1) is 0 Å². The van der Waals surface area contributed by atoms with Gasteiger partial charge in [-0.05, 0) is 0 Å². The maximum atomic E-state index is 11.6. The van der Waals surface area contributed by atoms with Crippen LogP contribution in [-0.4, -0.2) is 78.9 Å². The van der Waals surface area contributed by atoms with Crippen LogP contribution in [0.5, 0.6) is 0 Å². The highest BCUT2D eigenvalue weighted by molar-refractivity contribution is 7.66. The molecular formula is C9H18N2O19P4. The second-order valence-electron chi connectivity index (χ2n) is 5.96. The fourth-order valence-electron chi connectivity index (χ4n) is 2.18. The number of aliphatic hydroxyl groups is 2. The molecule has 1 aliphatic rings. The standard InChI is InChI=1S/C9H13N2O9P.H5O10P3/c12-5-1-2-11(9(15)10-5)8-7(14)6(13)4(20-8)3-19-21(16,17)18;1-11(2,3)9-13(7,8)10-12(4,5)6/h1-2,4,6-8,13-14H,3H2,(H,10,12,15)(H2,16,17,18);(H,7,8)(H2,1,2,3)(H2,4,5,6)/t4-,6-,7-,8-;/m1./s1. The first-order valence-electron chi connectivity index (χ1n) is 8.00. The van der Waals surface area contributed by atoms with Crippen LogP contribution in [0.25, 0.3) is 0 Å². The SMILES string of the molecule is O=P(O)(O)OP(=O)(O)OP(=O)(O)O.O=c1ccn([C@@H]2O[C@H](COP(=O)(O)O)[C@@H](O)[C@H]2O)c(=O)[nH]1. The Morgan fingerprint density at radius 3 is 1.79 bits per heavy atom. The fraction of sp³-hybridized carbons (Fsp3) is 0.556. The predicted octanol–water partition coefficient (Wildman–Crippen LogP) is -3.43. The summed E-state index contributed by atoms with van der Waals surface area (Å²) in [4.78, 5) is 81.9. The number of hydrogen-bond donors (Lipinski definition) is 10. The quantitative estimate of drug-likeness (QED) is 0.133. The molecule has 0 amide bonds. The lowest BCUT2D eigenvalue weighted by Crippen LogP contribution is -2.37. The number of aliphatic hydroxyl groups excluding tert-OH is 2. The lowest BCUT2D eigenvalue weighted by Gasteiger charge is -2.16. The van der Waals surface area contributed by atoms with Gasteiger partial charge in [0.1, 0.15) is 18.3 Å². The highest BCUT2D eigenvalue weighted by Crippen LogP contribution is 2.64. The van der Waals surface area contributed by atoms with Crippen molar-refractivity contribution in [2.24, 2.45) is 0 Å². The maximum Gasteiger partial charge on any atom is 0.490 e. The van der Waals surface area contributed by atoms with E-state index >= 15 is 0 Å². The third kappa shape index (κ3) is 11.2. The fourth-order valence-corrected chi connectivity index (χ4v) is 5.06. The van der Waals surface area contributed by atoms with E-state index in [0.29, 0.717) is 0 Å². The first-order chi connectivity index (χ1) is 15.1. The normalized spacial score (nSPS) is 23.9. The number of hydrogen-bond acceptors (Lipinski definition) is 12. The molecule has 1 aliphatic heterocycles. The number of rotatable bonds is 8. The zero-order chi connectivity index (χ0) is 26.7. The van der Waals surface area contributed by atoms with Gasteiger partial charge in [-0.3, -0.25) is 18.9 Å². The van der Waals surface area contributed by atoms with Gasteiger partial charge in [-0.25, -0.2) is 23.1 Å². The summed E-state index contributed by atoms with van der Waals surface area (Å²) in [5, 5.41) is 19.6. The molecule has 0 bridgehead atoms. The van der Waals surface area contributed by atoms with E-state index in [1.165, 1.54) is 0 Å². The van der Waals surface area contributed by atoms with Gasteiger partial charge in [0.05, 0.1) is 6.61 Å². The summed E-state index contributed by atoms with van der Waals surface area (Å²) in [6.45, 7) is -0.683. The highest BCUT2D eigenvalue weighted by Gasteiger charge is 2.45. The van der Waals surface area contributed by atoms with Crippen molar-refractivity contribution in [1.29, 1.82) is 0 Å². The Morgan fingerprint density at radius 2 is 1.38 bits per heavy atom. The molecule has 0 unspecified atom stereocenters. The Balaban J connectivity index is 0.000000385. The van der Waals surface area contributed by atoms with E-state index < -0.39 is 73.7 Å². The van der Waals surface area contributed by atoms with Crippen molar-refractivity contribution in [2.45, 2.75) is 24.5 Å². The largest absolute Gasteiger partial charge is 0.490 e. The molecule has 1 aromatic heterocycles. The molecule has 1 aromatic rings. The predicted molar refractivity (Wildman–Crippen MR) is 101 cm³/mol. The average Bonchev–Trinajstić information content (AvgIpc) is 2.84. The topological polar surface area (TPSA) is 342 Å². The molecular weight excluding hydrogens is 564 g/mol. The molecule has 0 aliphatic carbocycles. The lowest BCUT2D eigenvalue weighted by atomic mass is 10.1. The Labute approximate surface area is 186 Å². The molecule has 34 heavy (non-hydrogen) atoms. The minimum Gasteiger partial charge on any atom is -0.387 e. The van der Waals surface area contributed by atoms with Crippen LogP contribution < -0.4 is 11.2 Å². The van der Waals surface area contributed by atoms with Crippen molar-refractivity contribution in [2.75, 3.05) is 6.61 Å². The molecule has 1 fully saturated rings. The van der Waals surface area contributed by atoms with Crippen molar-refractivity contribution in [3.63, 3.8) is 0 Å². The third-order valence-electron chi connectivity index (χ3n) is 3.29. The van der Waals surface area contributed by atoms with E-state index in [1.807, 2.05) is 4.98 Å². The maximum absolute atomic E-state index is 11.6. The zero-order valence-electron chi connectivity index (χ0n) is 16.0. The lowest BCUT2D eigenvalue weighted by molar-refractivity contribution is -0.0543. The van der Waals surface area contributed by atoms with Crippen LogP contribution in [0, 0.1) is 0 Å². The van der Waals surface area contributed by atoms with Gasteiger partial charge in [-0.1, -0.05) is 0 Å². The van der Waals surface area contributed by atoms with Crippen molar-refractivity contribution in [3.05, 3.63) is 33.1 Å². The van der Waals surface area contributed by atoms with Crippen LogP contribution >= 0.6 is 31.3 Å². The van der Waals surface area contributed by atoms with Crippen LogP contribution in [-0.2, 0) is 36.1 Å². The van der Waals surface area contributed by atoms with Crippen LogP contribution in [0.3, 0.4) is 0 Å². The monoisotopic (exact) mass is 582 g/mol. The minimum absolute atomic E-state index is 0.648. The summed E-state index contributed by atoms with van der Waals surface area (Å²) in [6.07, 6.45) is -4.58. The molecule has 198 valence electrons. The van der Waals surface area contributed by atoms with Crippen LogP contribution in [0.4, 0.5) is 0 Å². The van der Waals surface area contributed by atoms with Crippen molar-refractivity contribution in [3.8, 4) is 0 Å². The second-order valence-corrected chi connectivity index (χ2v) is 11.4. The van der Waals surface area contributed by atoms with Crippen molar-refractivity contribution in [1.82, 2.24) is 9.55 Å². The van der Waals surface area contributed by atoms with E-state index in [2.05, 4.69) is 13.1 Å². The summed E-state index contributed by atoms with van der Waals surface area (Å²) in [6, 6.07) is 1.02. The van der Waals surface area contributed by atoms with Crippen LogP contribution in [0.2, 0.25) is 0 Å².